The van der Waals surface area contributed by atoms with E-state index in [9.17, 15) is 0 Å². The summed E-state index contributed by atoms with van der Waals surface area (Å²) in [6.45, 7) is 7.33. The number of aromatic nitrogens is 3. The third-order valence-corrected chi connectivity index (χ3v) is 5.45. The molecule has 0 aromatic carbocycles. The number of rotatable bonds is 6. The van der Waals surface area contributed by atoms with Crippen molar-refractivity contribution >= 4 is 17.3 Å². The molecule has 1 N–H and O–H groups in total. The Morgan fingerprint density at radius 2 is 2.24 bits per heavy atom. The van der Waals surface area contributed by atoms with Gasteiger partial charge in [0, 0.05) is 24.7 Å². The van der Waals surface area contributed by atoms with Crippen molar-refractivity contribution in [2.45, 2.75) is 52.6 Å². The quantitative estimate of drug-likeness (QED) is 0.635. The molecular weight excluding hydrogens is 332 g/mol. The lowest BCUT2D eigenvalue weighted by Gasteiger charge is -2.21. The number of nitrogens with one attached hydrogen (secondary N) is 1. The molecule has 0 radical (unpaired) electrons. The fourth-order valence-electron chi connectivity index (χ4n) is 3.07. The predicted molar refractivity (Wildman–Crippen MR) is 103 cm³/mol. The molecule has 25 heavy (non-hydrogen) atoms. The lowest BCUT2D eigenvalue weighted by atomic mass is 10.0. The Bertz CT molecular complexity index is 693. The standard InChI is InChI=1S/C18H28N6S/c1-4-19-18(20-9-10-24-12-14(2)11-21-24)23(3)13-17-22-15-7-5-6-8-16(15)25-17/h11-12H,4-10,13H2,1-3H3,(H,19,20). The predicted octanol–water partition coefficient (Wildman–Crippen LogP) is 2.62. The van der Waals surface area contributed by atoms with Crippen LogP contribution in [0.3, 0.4) is 0 Å². The van der Waals surface area contributed by atoms with Gasteiger partial charge in [0.1, 0.15) is 5.01 Å². The average Bonchev–Trinajstić information content (AvgIpc) is 3.19. The third kappa shape index (κ3) is 4.81. The van der Waals surface area contributed by atoms with Crippen molar-refractivity contribution in [3.05, 3.63) is 33.5 Å². The van der Waals surface area contributed by atoms with Gasteiger partial charge in [-0.15, -0.1) is 11.3 Å². The van der Waals surface area contributed by atoms with E-state index < -0.39 is 0 Å². The summed E-state index contributed by atoms with van der Waals surface area (Å²) >= 11 is 1.87. The monoisotopic (exact) mass is 360 g/mol. The van der Waals surface area contributed by atoms with Crippen LogP contribution in [0.4, 0.5) is 0 Å². The lowest BCUT2D eigenvalue weighted by molar-refractivity contribution is 0.472. The molecule has 2 aromatic rings. The SMILES string of the molecule is CCNC(=NCCn1cc(C)cn1)N(C)Cc1nc2c(s1)CCCC2. The fraction of sp³-hybridized carbons (Fsp3) is 0.611. The molecule has 3 rings (SSSR count). The number of hydrogen-bond acceptors (Lipinski definition) is 4. The molecule has 1 aliphatic carbocycles. The van der Waals surface area contributed by atoms with Crippen LogP contribution in [0.1, 0.15) is 40.9 Å². The van der Waals surface area contributed by atoms with Crippen LogP contribution in [0.5, 0.6) is 0 Å². The van der Waals surface area contributed by atoms with Crippen molar-refractivity contribution in [1.82, 2.24) is 25.0 Å². The van der Waals surface area contributed by atoms with Crippen LogP contribution in [0, 0.1) is 6.92 Å². The first kappa shape index (κ1) is 17.9. The summed E-state index contributed by atoms with van der Waals surface area (Å²) in [5.74, 6) is 0.930. The molecule has 0 saturated heterocycles. The molecule has 2 heterocycles. The number of aryl methyl sites for hydroxylation is 3. The maximum Gasteiger partial charge on any atom is 0.194 e. The first-order valence-electron chi connectivity index (χ1n) is 9.11. The van der Waals surface area contributed by atoms with Gasteiger partial charge >= 0.3 is 0 Å². The molecule has 0 saturated carbocycles. The number of thiazole rings is 1. The number of hydrogen-bond donors (Lipinski definition) is 1. The van der Waals surface area contributed by atoms with Gasteiger partial charge < -0.3 is 10.2 Å². The van der Waals surface area contributed by atoms with E-state index in [0.717, 1.165) is 32.0 Å². The molecular formula is C18H28N6S. The topological polar surface area (TPSA) is 58.3 Å². The third-order valence-electron chi connectivity index (χ3n) is 4.31. The van der Waals surface area contributed by atoms with Gasteiger partial charge in [-0.25, -0.2) is 4.98 Å². The normalized spacial score (nSPS) is 14.4. The second kappa shape index (κ2) is 8.47. The molecule has 0 unspecified atom stereocenters. The Balaban J connectivity index is 1.60. The van der Waals surface area contributed by atoms with Gasteiger partial charge in [-0.3, -0.25) is 9.67 Å². The van der Waals surface area contributed by atoms with Gasteiger partial charge in [0.25, 0.3) is 0 Å². The largest absolute Gasteiger partial charge is 0.357 e. The average molecular weight is 361 g/mol. The Labute approximate surface area is 154 Å². The fourth-order valence-corrected chi connectivity index (χ4v) is 4.28. The zero-order valence-electron chi connectivity index (χ0n) is 15.5. The van der Waals surface area contributed by atoms with Crippen molar-refractivity contribution in [2.75, 3.05) is 20.1 Å². The summed E-state index contributed by atoms with van der Waals surface area (Å²) in [5.41, 5.74) is 2.51. The molecule has 1 aliphatic rings. The number of fused-ring (bicyclic) bond motifs is 1. The molecule has 6 nitrogen and oxygen atoms in total. The van der Waals surface area contributed by atoms with Crippen molar-refractivity contribution in [3.8, 4) is 0 Å². The molecule has 0 bridgehead atoms. The molecule has 2 aromatic heterocycles. The molecule has 0 fully saturated rings. The molecule has 0 amide bonds. The highest BCUT2D eigenvalue weighted by molar-refractivity contribution is 7.11. The molecule has 7 heteroatoms. The minimum atomic E-state index is 0.710. The van der Waals surface area contributed by atoms with Crippen LogP contribution in [0.15, 0.2) is 17.4 Å². The van der Waals surface area contributed by atoms with E-state index in [1.807, 2.05) is 28.4 Å². The molecule has 0 aliphatic heterocycles. The Morgan fingerprint density at radius 1 is 1.40 bits per heavy atom. The minimum Gasteiger partial charge on any atom is -0.357 e. The lowest BCUT2D eigenvalue weighted by Crippen LogP contribution is -2.38. The van der Waals surface area contributed by atoms with E-state index in [0.29, 0.717) is 6.54 Å². The highest BCUT2D eigenvalue weighted by atomic mass is 32.1. The maximum atomic E-state index is 4.84. The maximum absolute atomic E-state index is 4.84. The van der Waals surface area contributed by atoms with Gasteiger partial charge in [-0.05, 0) is 45.1 Å². The van der Waals surface area contributed by atoms with E-state index in [2.05, 4.69) is 36.2 Å². The second-order valence-electron chi connectivity index (χ2n) is 6.56. The van der Waals surface area contributed by atoms with Crippen LogP contribution in [0.25, 0.3) is 0 Å². The summed E-state index contributed by atoms with van der Waals surface area (Å²) in [6.07, 6.45) is 8.86. The summed E-state index contributed by atoms with van der Waals surface area (Å²) < 4.78 is 1.94. The summed E-state index contributed by atoms with van der Waals surface area (Å²) in [4.78, 5) is 13.2. The number of nitrogens with zero attached hydrogens (tertiary/aromatic N) is 5. The van der Waals surface area contributed by atoms with Crippen molar-refractivity contribution in [2.24, 2.45) is 4.99 Å². The molecule has 136 valence electrons. The first-order chi connectivity index (χ1) is 12.2. The number of guanidine groups is 1. The Kier molecular flexibility index (Phi) is 6.07. The zero-order chi connectivity index (χ0) is 17.6. The Morgan fingerprint density at radius 3 is 2.96 bits per heavy atom. The van der Waals surface area contributed by atoms with Crippen molar-refractivity contribution in [1.29, 1.82) is 0 Å². The van der Waals surface area contributed by atoms with Crippen LogP contribution < -0.4 is 5.32 Å². The van der Waals surface area contributed by atoms with Crippen LogP contribution in [-0.4, -0.2) is 45.8 Å². The highest BCUT2D eigenvalue weighted by Gasteiger charge is 2.16. The van der Waals surface area contributed by atoms with Crippen LogP contribution >= 0.6 is 11.3 Å². The van der Waals surface area contributed by atoms with Crippen molar-refractivity contribution < 1.29 is 0 Å². The smallest absolute Gasteiger partial charge is 0.194 e. The highest BCUT2D eigenvalue weighted by Crippen LogP contribution is 2.27. The van der Waals surface area contributed by atoms with Crippen LogP contribution in [-0.2, 0) is 25.9 Å². The second-order valence-corrected chi connectivity index (χ2v) is 7.73. The van der Waals surface area contributed by atoms with E-state index in [1.54, 1.807) is 0 Å². The summed E-state index contributed by atoms with van der Waals surface area (Å²) in [5, 5.41) is 8.89. The van der Waals surface area contributed by atoms with E-state index in [4.69, 9.17) is 9.98 Å². The first-order valence-corrected chi connectivity index (χ1v) is 9.93. The summed E-state index contributed by atoms with van der Waals surface area (Å²) in [7, 11) is 2.08. The van der Waals surface area contributed by atoms with E-state index in [1.165, 1.54) is 40.4 Å². The van der Waals surface area contributed by atoms with E-state index >= 15 is 0 Å². The minimum absolute atomic E-state index is 0.710. The van der Waals surface area contributed by atoms with Gasteiger partial charge in [-0.2, -0.15) is 5.10 Å². The van der Waals surface area contributed by atoms with Crippen molar-refractivity contribution in [3.63, 3.8) is 0 Å². The van der Waals surface area contributed by atoms with Gasteiger partial charge in [0.05, 0.1) is 31.5 Å². The number of aliphatic imine (C=N–C) groups is 1. The van der Waals surface area contributed by atoms with Gasteiger partial charge in [0.2, 0.25) is 0 Å². The van der Waals surface area contributed by atoms with Crippen LogP contribution in [0.2, 0.25) is 0 Å². The van der Waals surface area contributed by atoms with Gasteiger partial charge in [0.15, 0.2) is 5.96 Å². The Hall–Kier alpha value is -1.89. The molecule has 0 spiro atoms. The summed E-state index contributed by atoms with van der Waals surface area (Å²) in [6, 6.07) is 0. The van der Waals surface area contributed by atoms with Gasteiger partial charge in [-0.1, -0.05) is 0 Å². The van der Waals surface area contributed by atoms with E-state index in [-0.39, 0.29) is 0 Å². The zero-order valence-corrected chi connectivity index (χ0v) is 16.3. The molecule has 0 atom stereocenters.